The zero-order valence-electron chi connectivity index (χ0n) is 13.7. The van der Waals surface area contributed by atoms with Crippen LogP contribution in [0, 0.1) is 0 Å². The average molecular weight is 437 g/mol. The fraction of sp³-hybridized carbons (Fsp3) is 0.118. The predicted molar refractivity (Wildman–Crippen MR) is 101 cm³/mol. The third kappa shape index (κ3) is 4.14. The number of nitrogens with zero attached hydrogens (tertiary/aromatic N) is 3. The molecule has 0 saturated carbocycles. The molecular weight excluding hydrogens is 422 g/mol. The van der Waals surface area contributed by atoms with Crippen molar-refractivity contribution in [2.24, 2.45) is 7.05 Å². The fourth-order valence-corrected chi connectivity index (χ4v) is 3.09. The van der Waals surface area contributed by atoms with Gasteiger partial charge in [-0.25, -0.2) is 0 Å². The first-order valence-electron chi connectivity index (χ1n) is 7.62. The molecule has 2 heterocycles. The molecule has 0 unspecified atom stereocenters. The SMILES string of the molecule is Cn1cc(Br)cc1C(=O)NNC(=O)c1cnn(Cc2ccccc2Cl)c1. The number of carbonyl (C=O) groups excluding carboxylic acids is 2. The highest BCUT2D eigenvalue weighted by Crippen LogP contribution is 2.16. The highest BCUT2D eigenvalue weighted by atomic mass is 79.9. The van der Waals surface area contributed by atoms with Gasteiger partial charge in [-0.3, -0.25) is 25.1 Å². The molecule has 0 bridgehead atoms. The summed E-state index contributed by atoms with van der Waals surface area (Å²) < 4.78 is 4.02. The Balaban J connectivity index is 1.60. The van der Waals surface area contributed by atoms with Crippen molar-refractivity contribution in [1.29, 1.82) is 0 Å². The van der Waals surface area contributed by atoms with E-state index in [1.165, 1.54) is 6.20 Å². The summed E-state index contributed by atoms with van der Waals surface area (Å²) in [5.74, 6) is -0.882. The van der Waals surface area contributed by atoms with E-state index < -0.39 is 11.8 Å². The Morgan fingerprint density at radius 1 is 1.19 bits per heavy atom. The molecule has 0 saturated heterocycles. The number of aromatic nitrogens is 3. The number of hydrazine groups is 1. The largest absolute Gasteiger partial charge is 0.345 e. The van der Waals surface area contributed by atoms with Crippen molar-refractivity contribution in [3.63, 3.8) is 0 Å². The maximum Gasteiger partial charge on any atom is 0.286 e. The number of halogens is 2. The summed E-state index contributed by atoms with van der Waals surface area (Å²) in [7, 11) is 1.74. The summed E-state index contributed by atoms with van der Waals surface area (Å²) in [6, 6.07) is 9.08. The lowest BCUT2D eigenvalue weighted by molar-refractivity contribution is 0.0842. The Kier molecular flexibility index (Phi) is 5.43. The maximum atomic E-state index is 12.2. The molecule has 0 fully saturated rings. The van der Waals surface area contributed by atoms with Gasteiger partial charge in [0, 0.05) is 28.9 Å². The minimum Gasteiger partial charge on any atom is -0.345 e. The summed E-state index contributed by atoms with van der Waals surface area (Å²) in [5.41, 5.74) is 6.39. The van der Waals surface area contributed by atoms with Gasteiger partial charge in [0.15, 0.2) is 0 Å². The Morgan fingerprint density at radius 2 is 1.92 bits per heavy atom. The van der Waals surface area contributed by atoms with Gasteiger partial charge < -0.3 is 4.57 Å². The van der Waals surface area contributed by atoms with Crippen LogP contribution in [0.3, 0.4) is 0 Å². The van der Waals surface area contributed by atoms with Crippen LogP contribution in [0.4, 0.5) is 0 Å². The van der Waals surface area contributed by atoms with Gasteiger partial charge in [0.2, 0.25) is 0 Å². The van der Waals surface area contributed by atoms with E-state index in [1.807, 2.05) is 18.2 Å². The smallest absolute Gasteiger partial charge is 0.286 e. The van der Waals surface area contributed by atoms with E-state index in [0.717, 1.165) is 10.0 Å². The minimum atomic E-state index is -0.461. The van der Waals surface area contributed by atoms with Crippen molar-refractivity contribution in [1.82, 2.24) is 25.2 Å². The lowest BCUT2D eigenvalue weighted by atomic mass is 10.2. The molecule has 0 radical (unpaired) electrons. The second-order valence-electron chi connectivity index (χ2n) is 5.58. The quantitative estimate of drug-likeness (QED) is 0.617. The second kappa shape index (κ2) is 7.76. The van der Waals surface area contributed by atoms with Crippen LogP contribution in [0.25, 0.3) is 0 Å². The molecule has 0 atom stereocenters. The normalized spacial score (nSPS) is 10.6. The van der Waals surface area contributed by atoms with Crippen molar-refractivity contribution < 1.29 is 9.59 Å². The van der Waals surface area contributed by atoms with Gasteiger partial charge >= 0.3 is 0 Å². The van der Waals surface area contributed by atoms with Crippen LogP contribution in [-0.4, -0.2) is 26.2 Å². The molecule has 3 aromatic rings. The van der Waals surface area contributed by atoms with Gasteiger partial charge in [0.25, 0.3) is 11.8 Å². The second-order valence-corrected chi connectivity index (χ2v) is 6.90. The molecule has 0 aliphatic carbocycles. The highest BCUT2D eigenvalue weighted by Gasteiger charge is 2.14. The van der Waals surface area contributed by atoms with Gasteiger partial charge in [0.05, 0.1) is 18.3 Å². The zero-order valence-corrected chi connectivity index (χ0v) is 16.1. The van der Waals surface area contributed by atoms with Crippen LogP contribution >= 0.6 is 27.5 Å². The molecule has 7 nitrogen and oxygen atoms in total. The highest BCUT2D eigenvalue weighted by molar-refractivity contribution is 9.10. The predicted octanol–water partition coefficient (Wildman–Crippen LogP) is 2.76. The first-order valence-corrected chi connectivity index (χ1v) is 8.79. The third-order valence-electron chi connectivity index (χ3n) is 3.68. The molecule has 9 heteroatoms. The Hall–Kier alpha value is -2.58. The molecule has 134 valence electrons. The van der Waals surface area contributed by atoms with E-state index in [4.69, 9.17) is 11.6 Å². The number of hydrogen-bond acceptors (Lipinski definition) is 3. The van der Waals surface area contributed by atoms with Gasteiger partial charge in [-0.15, -0.1) is 0 Å². The Labute approximate surface area is 163 Å². The monoisotopic (exact) mass is 435 g/mol. The lowest BCUT2D eigenvalue weighted by Crippen LogP contribution is -2.42. The number of aryl methyl sites for hydroxylation is 1. The number of carbonyl (C=O) groups is 2. The lowest BCUT2D eigenvalue weighted by Gasteiger charge is -2.07. The molecule has 26 heavy (non-hydrogen) atoms. The molecule has 2 N–H and O–H groups in total. The number of benzene rings is 1. The maximum absolute atomic E-state index is 12.2. The van der Waals surface area contributed by atoms with Crippen LogP contribution in [0.2, 0.25) is 5.02 Å². The summed E-state index contributed by atoms with van der Waals surface area (Å²) >= 11 is 9.42. The topological polar surface area (TPSA) is 81.0 Å². The van der Waals surface area contributed by atoms with Gasteiger partial charge in [-0.2, -0.15) is 5.10 Å². The zero-order chi connectivity index (χ0) is 18.7. The van der Waals surface area contributed by atoms with Crippen LogP contribution < -0.4 is 10.9 Å². The number of rotatable bonds is 4. The molecule has 3 rings (SSSR count). The van der Waals surface area contributed by atoms with E-state index in [0.29, 0.717) is 22.8 Å². The number of nitrogens with one attached hydrogen (secondary N) is 2. The van der Waals surface area contributed by atoms with Gasteiger partial charge in [-0.1, -0.05) is 29.8 Å². The third-order valence-corrected chi connectivity index (χ3v) is 4.48. The van der Waals surface area contributed by atoms with Crippen LogP contribution in [-0.2, 0) is 13.6 Å². The number of hydrogen-bond donors (Lipinski definition) is 2. The Bertz CT molecular complexity index is 966. The van der Waals surface area contributed by atoms with E-state index in [9.17, 15) is 9.59 Å². The van der Waals surface area contributed by atoms with Crippen molar-refractivity contribution in [3.05, 3.63) is 75.2 Å². The molecule has 0 aliphatic rings. The van der Waals surface area contributed by atoms with Crippen LogP contribution in [0.5, 0.6) is 0 Å². The van der Waals surface area contributed by atoms with Crippen molar-refractivity contribution in [2.75, 3.05) is 0 Å². The van der Waals surface area contributed by atoms with Crippen molar-refractivity contribution in [2.45, 2.75) is 6.54 Å². The summed E-state index contributed by atoms with van der Waals surface area (Å²) in [6.45, 7) is 0.441. The van der Waals surface area contributed by atoms with E-state index >= 15 is 0 Å². The van der Waals surface area contributed by atoms with Crippen LogP contribution in [0.15, 0.2) is 53.4 Å². The molecular formula is C17H15BrClN5O2. The fourth-order valence-electron chi connectivity index (χ4n) is 2.37. The first kappa shape index (κ1) is 18.2. The standard InChI is InChI=1S/C17H15BrClN5O2/c1-23-10-13(18)6-15(23)17(26)22-21-16(25)12-7-20-24(9-12)8-11-4-2-3-5-14(11)19/h2-7,9-10H,8H2,1H3,(H,21,25)(H,22,26). The van der Waals surface area contributed by atoms with E-state index in [2.05, 4.69) is 31.9 Å². The average Bonchev–Trinajstić information content (AvgIpc) is 3.20. The van der Waals surface area contributed by atoms with E-state index in [-0.39, 0.29) is 0 Å². The van der Waals surface area contributed by atoms with Gasteiger partial charge in [-0.05, 0) is 33.6 Å². The molecule has 0 aliphatic heterocycles. The van der Waals surface area contributed by atoms with Crippen LogP contribution in [0.1, 0.15) is 26.4 Å². The first-order chi connectivity index (χ1) is 12.4. The molecule has 1 aromatic carbocycles. The molecule has 2 aromatic heterocycles. The molecule has 2 amide bonds. The summed E-state index contributed by atoms with van der Waals surface area (Å²) in [5, 5.41) is 4.78. The van der Waals surface area contributed by atoms with E-state index in [1.54, 1.807) is 40.8 Å². The Morgan fingerprint density at radius 3 is 2.62 bits per heavy atom. The van der Waals surface area contributed by atoms with Crippen molar-refractivity contribution >= 4 is 39.3 Å². The summed E-state index contributed by atoms with van der Waals surface area (Å²) in [4.78, 5) is 24.3. The van der Waals surface area contributed by atoms with Crippen molar-refractivity contribution in [3.8, 4) is 0 Å². The number of amides is 2. The minimum absolute atomic E-state index is 0.324. The summed E-state index contributed by atoms with van der Waals surface area (Å²) in [6.07, 6.45) is 4.76. The molecule has 0 spiro atoms. The van der Waals surface area contributed by atoms with Gasteiger partial charge in [0.1, 0.15) is 5.69 Å².